The average Bonchev–Trinajstić information content (AvgIpc) is 2.26. The number of nitro benzene ring substituents is 1. The van der Waals surface area contributed by atoms with Crippen LogP contribution in [0.4, 0.5) is 15.3 Å². The molecule has 7 nitrogen and oxygen atoms in total. The van der Waals surface area contributed by atoms with Crippen molar-refractivity contribution in [3.63, 3.8) is 0 Å². The number of hydrogen-bond acceptors (Lipinski definition) is 6. The van der Waals surface area contributed by atoms with E-state index in [0.29, 0.717) is 0 Å². The second-order valence-corrected chi connectivity index (χ2v) is 5.20. The summed E-state index contributed by atoms with van der Waals surface area (Å²) in [4.78, 5) is 21.2. The molecule has 1 N–H and O–H groups in total. The first-order chi connectivity index (χ1) is 8.70. The Labute approximate surface area is 108 Å². The Hall–Kier alpha value is -2.03. The molecule has 0 heterocycles. The van der Waals surface area contributed by atoms with Crippen molar-refractivity contribution in [1.29, 1.82) is 0 Å². The molecular formula is C10H11FN2O5S. The Bertz CT molecular complexity index is 614. The van der Waals surface area contributed by atoms with Crippen LogP contribution in [0, 0.1) is 10.1 Å². The number of carbonyl (C=O) groups excluding carboxylic acids is 1. The minimum absolute atomic E-state index is 0.0475. The fourth-order valence-corrected chi connectivity index (χ4v) is 1.75. The molecular weight excluding hydrogens is 279 g/mol. The Kier molecular flexibility index (Phi) is 4.54. The van der Waals surface area contributed by atoms with Gasteiger partial charge in [-0.2, -0.15) is 8.42 Å². The maximum atomic E-state index is 12.2. The van der Waals surface area contributed by atoms with Gasteiger partial charge in [0.1, 0.15) is 0 Å². The van der Waals surface area contributed by atoms with Gasteiger partial charge in [-0.25, -0.2) is 0 Å². The molecule has 9 heteroatoms. The van der Waals surface area contributed by atoms with E-state index in [2.05, 4.69) is 5.32 Å². The third kappa shape index (κ3) is 4.62. The van der Waals surface area contributed by atoms with Gasteiger partial charge in [0, 0.05) is 18.3 Å². The highest BCUT2D eigenvalue weighted by Gasteiger charge is 2.17. The highest BCUT2D eigenvalue weighted by Crippen LogP contribution is 2.23. The molecule has 1 rings (SSSR count). The van der Waals surface area contributed by atoms with Crippen LogP contribution in [0.2, 0.25) is 0 Å². The molecule has 0 atom stereocenters. The monoisotopic (exact) mass is 290 g/mol. The molecule has 0 fully saturated rings. The highest BCUT2D eigenvalue weighted by molar-refractivity contribution is 7.86. The molecule has 0 saturated carbocycles. The van der Waals surface area contributed by atoms with Crippen LogP contribution >= 0.6 is 0 Å². The van der Waals surface area contributed by atoms with Gasteiger partial charge in [-0.1, -0.05) is 0 Å². The molecule has 0 bridgehead atoms. The van der Waals surface area contributed by atoms with Crippen molar-refractivity contribution in [2.24, 2.45) is 0 Å². The first-order valence-electron chi connectivity index (χ1n) is 5.16. The third-order valence-electron chi connectivity index (χ3n) is 2.25. The lowest BCUT2D eigenvalue weighted by Crippen LogP contribution is -2.12. The first-order valence-corrected chi connectivity index (χ1v) is 6.71. The van der Waals surface area contributed by atoms with Gasteiger partial charge in [-0.05, 0) is 19.1 Å². The molecule has 1 aromatic rings. The van der Waals surface area contributed by atoms with Gasteiger partial charge in [-0.15, -0.1) is 3.89 Å². The van der Waals surface area contributed by atoms with E-state index in [-0.39, 0.29) is 23.5 Å². The fourth-order valence-electron chi connectivity index (χ4n) is 1.41. The van der Waals surface area contributed by atoms with Gasteiger partial charge < -0.3 is 5.32 Å². The van der Waals surface area contributed by atoms with Gasteiger partial charge in [0.2, 0.25) is 0 Å². The van der Waals surface area contributed by atoms with E-state index in [0.717, 1.165) is 6.07 Å². The third-order valence-corrected chi connectivity index (χ3v) is 2.94. The number of carbonyl (C=O) groups is 1. The van der Waals surface area contributed by atoms with Crippen molar-refractivity contribution < 1.29 is 22.0 Å². The zero-order chi connectivity index (χ0) is 14.6. The molecule has 0 aliphatic heterocycles. The second-order valence-electron chi connectivity index (χ2n) is 3.71. The quantitative estimate of drug-likeness (QED) is 0.368. The van der Waals surface area contributed by atoms with E-state index in [1.807, 2.05) is 0 Å². The van der Waals surface area contributed by atoms with E-state index in [9.17, 15) is 27.2 Å². The molecule has 0 aliphatic carbocycles. The normalized spacial score (nSPS) is 11.1. The Morgan fingerprint density at radius 2 is 2.11 bits per heavy atom. The maximum absolute atomic E-state index is 12.2. The minimum atomic E-state index is -4.59. The number of anilines is 1. The Morgan fingerprint density at radius 1 is 1.47 bits per heavy atom. The van der Waals surface area contributed by atoms with Crippen LogP contribution < -0.4 is 5.32 Å². The van der Waals surface area contributed by atoms with Crippen molar-refractivity contribution in [2.45, 2.75) is 6.92 Å². The number of halogens is 1. The van der Waals surface area contributed by atoms with Gasteiger partial charge in [0.15, 0.2) is 5.78 Å². The molecule has 0 aromatic heterocycles. The van der Waals surface area contributed by atoms with Crippen molar-refractivity contribution in [3.8, 4) is 0 Å². The number of nitro groups is 1. The number of hydrogen-bond donors (Lipinski definition) is 1. The molecule has 104 valence electrons. The predicted molar refractivity (Wildman–Crippen MR) is 66.5 cm³/mol. The van der Waals surface area contributed by atoms with Gasteiger partial charge in [0.25, 0.3) is 5.69 Å². The van der Waals surface area contributed by atoms with E-state index in [4.69, 9.17) is 0 Å². The van der Waals surface area contributed by atoms with Crippen LogP contribution in [0.25, 0.3) is 0 Å². The summed E-state index contributed by atoms with van der Waals surface area (Å²) in [7, 11) is -4.59. The summed E-state index contributed by atoms with van der Waals surface area (Å²) in [5.41, 5.74) is -0.199. The van der Waals surface area contributed by atoms with Gasteiger partial charge in [0.05, 0.1) is 16.2 Å². The summed E-state index contributed by atoms with van der Waals surface area (Å²) >= 11 is 0. The average molecular weight is 290 g/mol. The number of nitrogens with zero attached hydrogens (tertiary/aromatic N) is 1. The number of Topliss-reactive ketones (excluding diaryl/α,β-unsaturated/α-hetero) is 1. The lowest BCUT2D eigenvalue weighted by molar-refractivity contribution is -0.385. The van der Waals surface area contributed by atoms with Gasteiger partial charge >= 0.3 is 10.2 Å². The standard InChI is InChI=1S/C10H11FN2O5S/c1-7(14)9-3-2-8(6-10(9)13(15)16)12-4-5-19(11,17)18/h2-3,6,12H,4-5H2,1H3. The summed E-state index contributed by atoms with van der Waals surface area (Å²) in [6, 6.07) is 3.74. The largest absolute Gasteiger partial charge is 0.384 e. The van der Waals surface area contributed by atoms with Crippen molar-refractivity contribution in [1.82, 2.24) is 0 Å². The van der Waals surface area contributed by atoms with Crippen molar-refractivity contribution >= 4 is 27.4 Å². The summed E-state index contributed by atoms with van der Waals surface area (Å²) in [6.45, 7) is 0.973. The fraction of sp³-hybridized carbons (Fsp3) is 0.300. The van der Waals surface area contributed by atoms with E-state index >= 15 is 0 Å². The Morgan fingerprint density at radius 3 is 2.58 bits per heavy atom. The number of benzene rings is 1. The summed E-state index contributed by atoms with van der Waals surface area (Å²) in [5.74, 6) is -1.19. The molecule has 0 saturated heterocycles. The lowest BCUT2D eigenvalue weighted by atomic mass is 10.1. The van der Waals surface area contributed by atoms with E-state index in [1.165, 1.54) is 19.1 Å². The maximum Gasteiger partial charge on any atom is 0.304 e. The summed E-state index contributed by atoms with van der Waals surface area (Å²) in [5, 5.41) is 13.3. The van der Waals surface area contributed by atoms with E-state index in [1.54, 1.807) is 0 Å². The van der Waals surface area contributed by atoms with Crippen LogP contribution in [0.5, 0.6) is 0 Å². The molecule has 1 aromatic carbocycles. The zero-order valence-corrected chi connectivity index (χ0v) is 10.7. The van der Waals surface area contributed by atoms with Crippen LogP contribution in [-0.2, 0) is 10.2 Å². The molecule has 0 aliphatic rings. The first kappa shape index (κ1) is 15.0. The molecule has 19 heavy (non-hydrogen) atoms. The second kappa shape index (κ2) is 5.74. The molecule has 0 spiro atoms. The van der Waals surface area contributed by atoms with Crippen LogP contribution in [-0.4, -0.2) is 31.4 Å². The predicted octanol–water partition coefficient (Wildman–Crippen LogP) is 1.51. The highest BCUT2D eigenvalue weighted by atomic mass is 32.3. The number of nitrogens with one attached hydrogen (secondary N) is 1. The van der Waals surface area contributed by atoms with E-state index < -0.39 is 26.7 Å². The number of ketones is 1. The van der Waals surface area contributed by atoms with Crippen LogP contribution in [0.15, 0.2) is 18.2 Å². The topological polar surface area (TPSA) is 106 Å². The summed E-state index contributed by atoms with van der Waals surface area (Å²) in [6.07, 6.45) is 0. The molecule has 0 radical (unpaired) electrons. The number of rotatable bonds is 6. The van der Waals surface area contributed by atoms with Crippen molar-refractivity contribution in [2.75, 3.05) is 17.6 Å². The smallest absolute Gasteiger partial charge is 0.304 e. The zero-order valence-electron chi connectivity index (χ0n) is 9.92. The SMILES string of the molecule is CC(=O)c1ccc(NCCS(=O)(=O)F)cc1[N+](=O)[O-]. The summed E-state index contributed by atoms with van der Waals surface area (Å²) < 4.78 is 32.8. The van der Waals surface area contributed by atoms with Crippen LogP contribution in [0.1, 0.15) is 17.3 Å². The molecule has 0 unspecified atom stereocenters. The Balaban J connectivity index is 2.90. The minimum Gasteiger partial charge on any atom is -0.384 e. The molecule has 0 amide bonds. The van der Waals surface area contributed by atoms with Crippen LogP contribution in [0.3, 0.4) is 0 Å². The van der Waals surface area contributed by atoms with Gasteiger partial charge in [-0.3, -0.25) is 14.9 Å². The van der Waals surface area contributed by atoms with Crippen molar-refractivity contribution in [3.05, 3.63) is 33.9 Å². The lowest BCUT2D eigenvalue weighted by Gasteiger charge is -2.06.